The van der Waals surface area contributed by atoms with Gasteiger partial charge in [-0.1, -0.05) is 48.0 Å². The van der Waals surface area contributed by atoms with E-state index in [1.54, 1.807) is 0 Å². The average Bonchev–Trinajstić information content (AvgIpc) is 3.38. The summed E-state index contributed by atoms with van der Waals surface area (Å²) in [4.78, 5) is 20.0. The molecule has 1 amide bonds. The first-order valence-electron chi connectivity index (χ1n) is 12.0. The highest BCUT2D eigenvalue weighted by atomic mass is 16.5. The molecule has 0 radical (unpaired) electrons. The smallest absolute Gasteiger partial charge is 0.227 e. The van der Waals surface area contributed by atoms with E-state index in [1.165, 1.54) is 5.56 Å². The Morgan fingerprint density at radius 1 is 0.941 bits per heavy atom. The number of ether oxygens (including phenoxy) is 1. The van der Waals surface area contributed by atoms with E-state index in [2.05, 4.69) is 67.8 Å². The minimum absolute atomic E-state index is 0.0666. The van der Waals surface area contributed by atoms with Crippen LogP contribution in [0.3, 0.4) is 0 Å². The first kappa shape index (κ1) is 22.2. The molecule has 0 N–H and O–H groups in total. The standard InChI is InChI=1S/C29H31N3O2/c1-20-12-14-24(15-13-20)34-17-7-16-31-26-11-5-4-10-25(26)30-29(31)23-18-27(33)32(19-23)28-21(2)8-6-9-22(28)3/h4-6,8-15,23H,7,16-19H2,1-3H3. The van der Waals surface area contributed by atoms with Crippen LogP contribution >= 0.6 is 0 Å². The number of nitrogens with zero attached hydrogens (tertiary/aromatic N) is 3. The van der Waals surface area contributed by atoms with Crippen molar-refractivity contribution < 1.29 is 9.53 Å². The van der Waals surface area contributed by atoms with Crippen LogP contribution in [0.1, 0.15) is 41.3 Å². The van der Waals surface area contributed by atoms with Gasteiger partial charge < -0.3 is 14.2 Å². The number of amides is 1. The summed E-state index contributed by atoms with van der Waals surface area (Å²) in [5.74, 6) is 2.13. The largest absolute Gasteiger partial charge is 0.494 e. The van der Waals surface area contributed by atoms with Gasteiger partial charge in [-0.25, -0.2) is 4.98 Å². The number of fused-ring (bicyclic) bond motifs is 1. The van der Waals surface area contributed by atoms with Crippen LogP contribution in [0.15, 0.2) is 66.7 Å². The molecule has 0 aliphatic carbocycles. The number of imidazole rings is 1. The summed E-state index contributed by atoms with van der Waals surface area (Å²) in [7, 11) is 0. The van der Waals surface area contributed by atoms with Crippen LogP contribution < -0.4 is 9.64 Å². The second-order valence-corrected chi connectivity index (χ2v) is 9.27. The SMILES string of the molecule is Cc1ccc(OCCCn2c(C3CC(=O)N(c4c(C)cccc4C)C3)nc3ccccc32)cc1. The summed E-state index contributed by atoms with van der Waals surface area (Å²) < 4.78 is 8.25. The highest BCUT2D eigenvalue weighted by Gasteiger charge is 2.35. The summed E-state index contributed by atoms with van der Waals surface area (Å²) in [6.45, 7) is 8.32. The molecule has 0 bridgehead atoms. The zero-order valence-electron chi connectivity index (χ0n) is 20.1. The number of anilines is 1. The van der Waals surface area contributed by atoms with Crippen LogP contribution in [0, 0.1) is 20.8 Å². The van der Waals surface area contributed by atoms with Gasteiger partial charge in [0.1, 0.15) is 11.6 Å². The maximum absolute atomic E-state index is 13.1. The minimum atomic E-state index is 0.0666. The Hall–Kier alpha value is -3.60. The average molecular weight is 454 g/mol. The maximum atomic E-state index is 13.1. The highest BCUT2D eigenvalue weighted by Crippen LogP contribution is 2.36. The van der Waals surface area contributed by atoms with Crippen molar-refractivity contribution in [3.63, 3.8) is 0 Å². The Balaban J connectivity index is 1.36. The van der Waals surface area contributed by atoms with E-state index in [1.807, 2.05) is 29.2 Å². The van der Waals surface area contributed by atoms with Crippen molar-refractivity contribution >= 4 is 22.6 Å². The van der Waals surface area contributed by atoms with E-state index in [0.717, 1.165) is 52.4 Å². The number of carbonyl (C=O) groups excluding carboxylic acids is 1. The lowest BCUT2D eigenvalue weighted by Gasteiger charge is -2.21. The van der Waals surface area contributed by atoms with E-state index in [-0.39, 0.29) is 11.8 Å². The van der Waals surface area contributed by atoms with Crippen molar-refractivity contribution in [3.8, 4) is 5.75 Å². The summed E-state index contributed by atoms with van der Waals surface area (Å²) in [5.41, 5.74) is 6.64. The number of benzene rings is 3. The third kappa shape index (κ3) is 4.30. The van der Waals surface area contributed by atoms with Crippen LogP contribution in [0.4, 0.5) is 5.69 Å². The molecule has 3 aromatic carbocycles. The summed E-state index contributed by atoms with van der Waals surface area (Å²) >= 11 is 0. The van der Waals surface area contributed by atoms with Gasteiger partial charge in [-0.3, -0.25) is 4.79 Å². The fourth-order valence-corrected chi connectivity index (χ4v) is 5.02. The van der Waals surface area contributed by atoms with Crippen molar-refractivity contribution in [2.45, 2.75) is 46.1 Å². The van der Waals surface area contributed by atoms with Gasteiger partial charge in [-0.05, 0) is 62.6 Å². The Labute approximate surface area is 201 Å². The fraction of sp³-hybridized carbons (Fsp3) is 0.310. The second-order valence-electron chi connectivity index (χ2n) is 9.27. The van der Waals surface area contributed by atoms with E-state index in [4.69, 9.17) is 9.72 Å². The van der Waals surface area contributed by atoms with Gasteiger partial charge >= 0.3 is 0 Å². The fourth-order valence-electron chi connectivity index (χ4n) is 5.02. The molecule has 0 spiro atoms. The van der Waals surface area contributed by atoms with Crippen molar-refractivity contribution in [3.05, 3.63) is 89.2 Å². The molecule has 1 aliphatic rings. The number of hydrogen-bond donors (Lipinski definition) is 0. The maximum Gasteiger partial charge on any atom is 0.227 e. The topological polar surface area (TPSA) is 47.4 Å². The van der Waals surface area contributed by atoms with E-state index >= 15 is 0 Å². The molecule has 34 heavy (non-hydrogen) atoms. The van der Waals surface area contributed by atoms with Crippen molar-refractivity contribution in [2.75, 3.05) is 18.1 Å². The molecular formula is C29H31N3O2. The van der Waals surface area contributed by atoms with Crippen LogP contribution in [0.2, 0.25) is 0 Å². The second kappa shape index (κ2) is 9.34. The van der Waals surface area contributed by atoms with Gasteiger partial charge in [-0.2, -0.15) is 0 Å². The number of carbonyl (C=O) groups is 1. The lowest BCUT2D eigenvalue weighted by molar-refractivity contribution is -0.117. The Morgan fingerprint density at radius 3 is 2.44 bits per heavy atom. The number of rotatable bonds is 7. The molecule has 5 nitrogen and oxygen atoms in total. The monoisotopic (exact) mass is 453 g/mol. The first-order valence-corrected chi connectivity index (χ1v) is 12.0. The number of aromatic nitrogens is 2. The summed E-state index contributed by atoms with van der Waals surface area (Å²) in [5, 5.41) is 0. The van der Waals surface area contributed by atoms with Gasteiger partial charge in [0.15, 0.2) is 0 Å². The Bertz CT molecular complexity index is 1300. The summed E-state index contributed by atoms with van der Waals surface area (Å²) in [6.07, 6.45) is 1.35. The molecule has 1 aliphatic heterocycles. The quantitative estimate of drug-likeness (QED) is 0.325. The van der Waals surface area contributed by atoms with Gasteiger partial charge in [0, 0.05) is 31.1 Å². The number of hydrogen-bond acceptors (Lipinski definition) is 3. The van der Waals surface area contributed by atoms with Crippen LogP contribution in [0.25, 0.3) is 11.0 Å². The highest BCUT2D eigenvalue weighted by molar-refractivity contribution is 5.98. The molecule has 1 saturated heterocycles. The molecule has 1 unspecified atom stereocenters. The van der Waals surface area contributed by atoms with Crippen LogP contribution in [-0.2, 0) is 11.3 Å². The summed E-state index contributed by atoms with van der Waals surface area (Å²) in [6, 6.07) is 22.6. The number of para-hydroxylation sites is 3. The lowest BCUT2D eigenvalue weighted by Crippen LogP contribution is -2.26. The molecule has 1 aromatic heterocycles. The Morgan fingerprint density at radius 2 is 1.68 bits per heavy atom. The zero-order valence-corrected chi connectivity index (χ0v) is 20.1. The molecule has 5 rings (SSSR count). The van der Waals surface area contributed by atoms with E-state index in [9.17, 15) is 4.79 Å². The molecule has 5 heteroatoms. The third-order valence-electron chi connectivity index (χ3n) is 6.70. The van der Waals surface area contributed by atoms with E-state index in [0.29, 0.717) is 19.6 Å². The van der Waals surface area contributed by atoms with Gasteiger partial charge in [0.25, 0.3) is 0 Å². The van der Waals surface area contributed by atoms with Gasteiger partial charge in [-0.15, -0.1) is 0 Å². The van der Waals surface area contributed by atoms with E-state index < -0.39 is 0 Å². The number of aryl methyl sites for hydroxylation is 4. The molecule has 1 fully saturated rings. The molecule has 174 valence electrons. The minimum Gasteiger partial charge on any atom is -0.494 e. The Kier molecular flexibility index (Phi) is 6.10. The lowest BCUT2D eigenvalue weighted by atomic mass is 10.1. The molecule has 4 aromatic rings. The van der Waals surface area contributed by atoms with Crippen molar-refractivity contribution in [2.24, 2.45) is 0 Å². The van der Waals surface area contributed by atoms with Crippen molar-refractivity contribution in [1.29, 1.82) is 0 Å². The zero-order chi connectivity index (χ0) is 23.7. The van der Waals surface area contributed by atoms with Gasteiger partial charge in [0.05, 0.1) is 17.6 Å². The normalized spacial score (nSPS) is 15.9. The first-order chi connectivity index (χ1) is 16.5. The molecular weight excluding hydrogens is 422 g/mol. The van der Waals surface area contributed by atoms with Crippen LogP contribution in [0.5, 0.6) is 5.75 Å². The molecule has 2 heterocycles. The third-order valence-corrected chi connectivity index (χ3v) is 6.70. The molecule has 0 saturated carbocycles. The van der Waals surface area contributed by atoms with Crippen molar-refractivity contribution in [1.82, 2.24) is 9.55 Å². The van der Waals surface area contributed by atoms with Crippen LogP contribution in [-0.4, -0.2) is 28.6 Å². The molecule has 1 atom stereocenters. The van der Waals surface area contributed by atoms with Gasteiger partial charge in [0.2, 0.25) is 5.91 Å². The predicted molar refractivity (Wildman–Crippen MR) is 137 cm³/mol. The predicted octanol–water partition coefficient (Wildman–Crippen LogP) is 5.95.